The number of methoxy groups -OCH3 is 1. The monoisotopic (exact) mass is 417 g/mol. The zero-order valence-corrected chi connectivity index (χ0v) is 18.0. The SMILES string of the molecule is COC(=O)c1sc2nc(C)nc(N3CCC(Nc4nc(C)cs4)CC3)c2c1C. The molecular formula is C19H23N5O2S2. The number of carbonyl (C=O) groups is 1. The number of piperidine rings is 1. The van der Waals surface area contributed by atoms with Gasteiger partial charge in [0, 0.05) is 24.5 Å². The Hall–Kier alpha value is -2.26. The number of hydrogen-bond acceptors (Lipinski definition) is 9. The molecule has 4 heterocycles. The first-order valence-electron chi connectivity index (χ1n) is 9.26. The summed E-state index contributed by atoms with van der Waals surface area (Å²) in [6.07, 6.45) is 2.02. The lowest BCUT2D eigenvalue weighted by Gasteiger charge is -2.33. The average Bonchev–Trinajstić information content (AvgIpc) is 3.24. The van der Waals surface area contributed by atoms with E-state index >= 15 is 0 Å². The van der Waals surface area contributed by atoms with Crippen molar-refractivity contribution in [1.82, 2.24) is 15.0 Å². The van der Waals surface area contributed by atoms with Gasteiger partial charge in [-0.1, -0.05) is 0 Å². The maximum absolute atomic E-state index is 12.1. The molecular weight excluding hydrogens is 394 g/mol. The molecule has 4 rings (SSSR count). The quantitative estimate of drug-likeness (QED) is 0.644. The van der Waals surface area contributed by atoms with Crippen LogP contribution in [0.15, 0.2) is 5.38 Å². The van der Waals surface area contributed by atoms with Crippen LogP contribution in [-0.2, 0) is 4.74 Å². The molecule has 3 aromatic rings. The fourth-order valence-corrected chi connectivity index (χ4v) is 5.47. The van der Waals surface area contributed by atoms with Crippen LogP contribution in [0, 0.1) is 20.8 Å². The fourth-order valence-electron chi connectivity index (χ4n) is 3.57. The van der Waals surface area contributed by atoms with Crippen molar-refractivity contribution in [2.24, 2.45) is 0 Å². The maximum Gasteiger partial charge on any atom is 0.348 e. The summed E-state index contributed by atoms with van der Waals surface area (Å²) in [5, 5.41) is 7.58. The van der Waals surface area contributed by atoms with Gasteiger partial charge in [-0.05, 0) is 39.2 Å². The molecule has 9 heteroatoms. The zero-order chi connectivity index (χ0) is 19.8. The summed E-state index contributed by atoms with van der Waals surface area (Å²) in [6.45, 7) is 7.66. The van der Waals surface area contributed by atoms with Crippen molar-refractivity contribution in [2.45, 2.75) is 39.7 Å². The topological polar surface area (TPSA) is 80.2 Å². The third kappa shape index (κ3) is 3.56. The highest BCUT2D eigenvalue weighted by Gasteiger charge is 2.26. The van der Waals surface area contributed by atoms with E-state index in [4.69, 9.17) is 9.72 Å². The van der Waals surface area contributed by atoms with Crippen LogP contribution in [0.1, 0.15) is 39.6 Å². The largest absolute Gasteiger partial charge is 0.465 e. The molecule has 1 aliphatic rings. The molecule has 0 unspecified atom stereocenters. The highest BCUT2D eigenvalue weighted by atomic mass is 32.1. The van der Waals surface area contributed by atoms with Crippen LogP contribution < -0.4 is 10.2 Å². The van der Waals surface area contributed by atoms with Gasteiger partial charge >= 0.3 is 5.97 Å². The van der Waals surface area contributed by atoms with E-state index in [0.717, 1.165) is 64.2 Å². The van der Waals surface area contributed by atoms with Gasteiger partial charge in [0.1, 0.15) is 21.3 Å². The number of thiazole rings is 1. The lowest BCUT2D eigenvalue weighted by molar-refractivity contribution is 0.0605. The predicted molar refractivity (Wildman–Crippen MR) is 114 cm³/mol. The summed E-state index contributed by atoms with van der Waals surface area (Å²) in [4.78, 5) is 29.7. The molecule has 0 bridgehead atoms. The van der Waals surface area contributed by atoms with E-state index in [2.05, 4.69) is 25.6 Å². The molecule has 1 aliphatic heterocycles. The van der Waals surface area contributed by atoms with E-state index in [1.165, 1.54) is 18.4 Å². The molecule has 0 radical (unpaired) electrons. The van der Waals surface area contributed by atoms with Crippen molar-refractivity contribution in [1.29, 1.82) is 0 Å². The van der Waals surface area contributed by atoms with E-state index in [1.54, 1.807) is 11.3 Å². The summed E-state index contributed by atoms with van der Waals surface area (Å²) in [5.74, 6) is 1.33. The van der Waals surface area contributed by atoms with Gasteiger partial charge in [0.25, 0.3) is 0 Å². The molecule has 0 aliphatic carbocycles. The lowest BCUT2D eigenvalue weighted by atomic mass is 10.0. The number of aryl methyl sites for hydroxylation is 3. The number of nitrogens with zero attached hydrogens (tertiary/aromatic N) is 4. The summed E-state index contributed by atoms with van der Waals surface area (Å²) in [7, 11) is 1.41. The van der Waals surface area contributed by atoms with Gasteiger partial charge in [0.2, 0.25) is 0 Å². The third-order valence-electron chi connectivity index (χ3n) is 4.99. The average molecular weight is 418 g/mol. The minimum absolute atomic E-state index is 0.314. The number of thiophene rings is 1. The summed E-state index contributed by atoms with van der Waals surface area (Å²) in [6, 6.07) is 0.412. The second-order valence-corrected chi connectivity index (χ2v) is 8.88. The Morgan fingerprint density at radius 1 is 1.21 bits per heavy atom. The van der Waals surface area contributed by atoms with Gasteiger partial charge in [0.15, 0.2) is 5.13 Å². The van der Waals surface area contributed by atoms with E-state index in [-0.39, 0.29) is 5.97 Å². The van der Waals surface area contributed by atoms with Crippen molar-refractivity contribution in [3.05, 3.63) is 27.3 Å². The number of aromatic nitrogens is 3. The Kier molecular flexibility index (Phi) is 5.20. The smallest absolute Gasteiger partial charge is 0.348 e. The van der Waals surface area contributed by atoms with Crippen LogP contribution in [-0.4, -0.2) is 47.2 Å². The Morgan fingerprint density at radius 2 is 1.96 bits per heavy atom. The minimum atomic E-state index is -0.314. The standard InChI is InChI=1S/C19H23N5O2S2/c1-10-9-27-19(20-10)23-13-5-7-24(8-6-13)16-14-11(2)15(18(25)26-4)28-17(14)22-12(3)21-16/h9,13H,5-8H2,1-4H3,(H,20,23). The van der Waals surface area contributed by atoms with Gasteiger partial charge in [-0.25, -0.2) is 19.7 Å². The molecule has 7 nitrogen and oxygen atoms in total. The normalized spacial score (nSPS) is 15.2. The molecule has 0 aromatic carbocycles. The Labute approximate surface area is 171 Å². The summed E-state index contributed by atoms with van der Waals surface area (Å²) < 4.78 is 4.93. The van der Waals surface area contributed by atoms with Crippen molar-refractivity contribution >= 4 is 49.8 Å². The molecule has 0 spiro atoms. The third-order valence-corrected chi connectivity index (χ3v) is 7.05. The van der Waals surface area contributed by atoms with Gasteiger partial charge in [-0.3, -0.25) is 0 Å². The van der Waals surface area contributed by atoms with Crippen LogP contribution in [0.25, 0.3) is 10.2 Å². The Bertz CT molecular complexity index is 1020. The van der Waals surface area contributed by atoms with Crippen molar-refractivity contribution in [3.63, 3.8) is 0 Å². The number of anilines is 2. The van der Waals surface area contributed by atoms with Crippen LogP contribution >= 0.6 is 22.7 Å². The zero-order valence-electron chi connectivity index (χ0n) is 16.4. The maximum atomic E-state index is 12.1. The molecule has 3 aromatic heterocycles. The second kappa shape index (κ2) is 7.63. The van der Waals surface area contributed by atoms with Gasteiger partial charge < -0.3 is 15.0 Å². The van der Waals surface area contributed by atoms with Gasteiger partial charge in [-0.2, -0.15) is 0 Å². The molecule has 148 valence electrons. The van der Waals surface area contributed by atoms with E-state index in [0.29, 0.717) is 10.9 Å². The molecule has 28 heavy (non-hydrogen) atoms. The summed E-state index contributed by atoms with van der Waals surface area (Å²) >= 11 is 3.04. The summed E-state index contributed by atoms with van der Waals surface area (Å²) in [5.41, 5.74) is 1.96. The molecule has 0 atom stereocenters. The molecule has 1 N–H and O–H groups in total. The van der Waals surface area contributed by atoms with Crippen molar-refractivity contribution in [3.8, 4) is 0 Å². The van der Waals surface area contributed by atoms with Crippen LogP contribution in [0.5, 0.6) is 0 Å². The molecule has 0 amide bonds. The van der Waals surface area contributed by atoms with E-state index < -0.39 is 0 Å². The number of ether oxygens (including phenoxy) is 1. The van der Waals surface area contributed by atoms with Crippen LogP contribution in [0.4, 0.5) is 10.9 Å². The van der Waals surface area contributed by atoms with Crippen molar-refractivity contribution < 1.29 is 9.53 Å². The number of nitrogens with one attached hydrogen (secondary N) is 1. The lowest BCUT2D eigenvalue weighted by Crippen LogP contribution is -2.39. The Balaban J connectivity index is 1.57. The molecule has 1 saturated heterocycles. The number of rotatable bonds is 4. The number of hydrogen-bond donors (Lipinski definition) is 1. The highest BCUT2D eigenvalue weighted by molar-refractivity contribution is 7.20. The fraction of sp³-hybridized carbons (Fsp3) is 0.474. The van der Waals surface area contributed by atoms with Crippen LogP contribution in [0.3, 0.4) is 0 Å². The van der Waals surface area contributed by atoms with Gasteiger partial charge in [0.05, 0.1) is 18.2 Å². The predicted octanol–water partition coefficient (Wildman–Crippen LogP) is 3.94. The second-order valence-electron chi connectivity index (χ2n) is 7.02. The first-order valence-corrected chi connectivity index (χ1v) is 11.0. The first-order chi connectivity index (χ1) is 13.5. The number of carbonyl (C=O) groups excluding carboxylic acids is 1. The molecule has 1 fully saturated rings. The van der Waals surface area contributed by atoms with E-state index in [9.17, 15) is 4.79 Å². The minimum Gasteiger partial charge on any atom is -0.465 e. The number of fused-ring (bicyclic) bond motifs is 1. The highest BCUT2D eigenvalue weighted by Crippen LogP contribution is 2.36. The van der Waals surface area contributed by atoms with Gasteiger partial charge in [-0.15, -0.1) is 22.7 Å². The van der Waals surface area contributed by atoms with Crippen molar-refractivity contribution in [2.75, 3.05) is 30.4 Å². The number of esters is 1. The molecule has 0 saturated carbocycles. The first kappa shape index (κ1) is 19.1. The van der Waals surface area contributed by atoms with E-state index in [1.807, 2.05) is 20.8 Å². The van der Waals surface area contributed by atoms with Crippen LogP contribution in [0.2, 0.25) is 0 Å². The Morgan fingerprint density at radius 3 is 2.61 bits per heavy atom.